The van der Waals surface area contributed by atoms with Crippen LogP contribution in [0.4, 0.5) is 0 Å². The Morgan fingerprint density at radius 2 is 2.27 bits per heavy atom. The standard InChI is InChI=1S/C9H15N3O3/c1-2-11-7(13)5-12-8(14)4-3-6(10)9(12)15/h6H,2-5,10H2,1H3,(H,11,13). The van der Waals surface area contributed by atoms with Gasteiger partial charge in [0.25, 0.3) is 0 Å². The molecule has 0 aliphatic carbocycles. The van der Waals surface area contributed by atoms with E-state index in [1.807, 2.05) is 0 Å². The molecule has 84 valence electrons. The molecule has 1 aliphatic rings. The Kier molecular flexibility index (Phi) is 3.79. The highest BCUT2D eigenvalue weighted by Crippen LogP contribution is 2.10. The van der Waals surface area contributed by atoms with E-state index in [1.54, 1.807) is 6.92 Å². The zero-order valence-corrected chi connectivity index (χ0v) is 8.66. The molecule has 3 N–H and O–H groups in total. The second kappa shape index (κ2) is 4.88. The summed E-state index contributed by atoms with van der Waals surface area (Å²) in [5.41, 5.74) is 5.51. The molecule has 1 fully saturated rings. The zero-order chi connectivity index (χ0) is 11.4. The van der Waals surface area contributed by atoms with Gasteiger partial charge in [-0.1, -0.05) is 0 Å². The van der Waals surface area contributed by atoms with Crippen molar-refractivity contribution in [2.45, 2.75) is 25.8 Å². The van der Waals surface area contributed by atoms with Crippen molar-refractivity contribution >= 4 is 17.7 Å². The Balaban J connectivity index is 2.61. The molecule has 0 aromatic rings. The highest BCUT2D eigenvalue weighted by atomic mass is 16.2. The first-order chi connectivity index (χ1) is 7.06. The molecule has 0 saturated carbocycles. The highest BCUT2D eigenvalue weighted by Gasteiger charge is 2.32. The Hall–Kier alpha value is -1.43. The van der Waals surface area contributed by atoms with Crippen molar-refractivity contribution in [1.82, 2.24) is 10.2 Å². The lowest BCUT2D eigenvalue weighted by Gasteiger charge is -2.27. The SMILES string of the molecule is CCNC(=O)CN1C(=O)CCC(N)C1=O. The van der Waals surface area contributed by atoms with E-state index in [-0.39, 0.29) is 24.8 Å². The first kappa shape index (κ1) is 11.6. The van der Waals surface area contributed by atoms with Crippen LogP contribution in [0.2, 0.25) is 0 Å². The molecule has 0 aromatic carbocycles. The van der Waals surface area contributed by atoms with E-state index in [0.717, 1.165) is 4.90 Å². The summed E-state index contributed by atoms with van der Waals surface area (Å²) in [5.74, 6) is -1.13. The van der Waals surface area contributed by atoms with E-state index < -0.39 is 11.9 Å². The average molecular weight is 213 g/mol. The highest BCUT2D eigenvalue weighted by molar-refractivity contribution is 6.03. The van der Waals surface area contributed by atoms with Crippen LogP contribution < -0.4 is 11.1 Å². The lowest BCUT2D eigenvalue weighted by atomic mass is 10.1. The minimum absolute atomic E-state index is 0.223. The number of likely N-dealkylation sites (N-methyl/N-ethyl adjacent to an activating group) is 1. The molecular formula is C9H15N3O3. The number of imide groups is 1. The summed E-state index contributed by atoms with van der Waals surface area (Å²) in [5, 5.41) is 2.52. The van der Waals surface area contributed by atoms with Crippen LogP contribution in [0.1, 0.15) is 19.8 Å². The van der Waals surface area contributed by atoms with Crippen molar-refractivity contribution in [1.29, 1.82) is 0 Å². The van der Waals surface area contributed by atoms with Crippen LogP contribution in [0.25, 0.3) is 0 Å². The van der Waals surface area contributed by atoms with Crippen molar-refractivity contribution in [3.8, 4) is 0 Å². The summed E-state index contributed by atoms with van der Waals surface area (Å²) in [6, 6.07) is -0.655. The monoisotopic (exact) mass is 213 g/mol. The van der Waals surface area contributed by atoms with Gasteiger partial charge < -0.3 is 11.1 Å². The van der Waals surface area contributed by atoms with Crippen molar-refractivity contribution in [3.63, 3.8) is 0 Å². The number of rotatable bonds is 3. The normalized spacial score (nSPS) is 21.7. The molecule has 3 amide bonds. The van der Waals surface area contributed by atoms with Crippen molar-refractivity contribution in [3.05, 3.63) is 0 Å². The fourth-order valence-electron chi connectivity index (χ4n) is 1.42. The molecule has 0 radical (unpaired) electrons. The number of nitrogens with two attached hydrogens (primary N) is 1. The average Bonchev–Trinajstić information content (AvgIpc) is 2.19. The molecule has 0 spiro atoms. The quantitative estimate of drug-likeness (QED) is 0.564. The minimum Gasteiger partial charge on any atom is -0.355 e. The fourth-order valence-corrected chi connectivity index (χ4v) is 1.42. The first-order valence-electron chi connectivity index (χ1n) is 4.92. The maximum atomic E-state index is 11.5. The van der Waals surface area contributed by atoms with Gasteiger partial charge in [-0.2, -0.15) is 0 Å². The maximum absolute atomic E-state index is 11.5. The second-order valence-electron chi connectivity index (χ2n) is 3.42. The third kappa shape index (κ3) is 2.76. The van der Waals surface area contributed by atoms with E-state index in [2.05, 4.69) is 5.32 Å². The number of piperidine rings is 1. The molecule has 15 heavy (non-hydrogen) atoms. The molecule has 1 heterocycles. The van der Waals surface area contributed by atoms with Crippen LogP contribution in [0, 0.1) is 0 Å². The lowest BCUT2D eigenvalue weighted by molar-refractivity contribution is -0.151. The van der Waals surface area contributed by atoms with Gasteiger partial charge in [-0.15, -0.1) is 0 Å². The van der Waals surface area contributed by atoms with Crippen molar-refractivity contribution < 1.29 is 14.4 Å². The van der Waals surface area contributed by atoms with Crippen LogP contribution in [0.5, 0.6) is 0 Å². The maximum Gasteiger partial charge on any atom is 0.246 e. The van der Waals surface area contributed by atoms with Crippen LogP contribution >= 0.6 is 0 Å². The topological polar surface area (TPSA) is 92.5 Å². The third-order valence-corrected chi connectivity index (χ3v) is 2.23. The van der Waals surface area contributed by atoms with Gasteiger partial charge in [0.15, 0.2) is 0 Å². The van der Waals surface area contributed by atoms with Crippen molar-refractivity contribution in [2.24, 2.45) is 5.73 Å². The predicted molar refractivity (Wildman–Crippen MR) is 52.6 cm³/mol. The van der Waals surface area contributed by atoms with Crippen LogP contribution in [0.3, 0.4) is 0 Å². The summed E-state index contributed by atoms with van der Waals surface area (Å²) in [6.07, 6.45) is 0.593. The largest absolute Gasteiger partial charge is 0.355 e. The molecule has 1 rings (SSSR count). The molecule has 1 saturated heterocycles. The van der Waals surface area contributed by atoms with Gasteiger partial charge in [-0.3, -0.25) is 19.3 Å². The number of likely N-dealkylation sites (tertiary alicyclic amines) is 1. The van der Waals surface area contributed by atoms with Crippen LogP contribution in [-0.2, 0) is 14.4 Å². The fraction of sp³-hybridized carbons (Fsp3) is 0.667. The van der Waals surface area contributed by atoms with E-state index >= 15 is 0 Å². The van der Waals surface area contributed by atoms with E-state index in [9.17, 15) is 14.4 Å². The van der Waals surface area contributed by atoms with Gasteiger partial charge in [0.05, 0.1) is 6.04 Å². The molecular weight excluding hydrogens is 198 g/mol. The van der Waals surface area contributed by atoms with Crippen LogP contribution in [0.15, 0.2) is 0 Å². The summed E-state index contributed by atoms with van der Waals surface area (Å²) in [4.78, 5) is 35.0. The van der Waals surface area contributed by atoms with E-state index in [4.69, 9.17) is 5.73 Å². The smallest absolute Gasteiger partial charge is 0.246 e. The van der Waals surface area contributed by atoms with Gasteiger partial charge in [0.1, 0.15) is 6.54 Å². The number of hydrogen-bond donors (Lipinski definition) is 2. The third-order valence-electron chi connectivity index (χ3n) is 2.23. The zero-order valence-electron chi connectivity index (χ0n) is 8.66. The summed E-state index contributed by atoms with van der Waals surface area (Å²) < 4.78 is 0. The Labute approximate surface area is 87.8 Å². The molecule has 6 nitrogen and oxygen atoms in total. The van der Waals surface area contributed by atoms with Gasteiger partial charge in [0, 0.05) is 13.0 Å². The Bertz CT molecular complexity index is 290. The molecule has 1 unspecified atom stereocenters. The van der Waals surface area contributed by atoms with Crippen molar-refractivity contribution in [2.75, 3.05) is 13.1 Å². The Morgan fingerprint density at radius 3 is 2.87 bits per heavy atom. The predicted octanol–water partition coefficient (Wildman–Crippen LogP) is -1.40. The first-order valence-corrected chi connectivity index (χ1v) is 4.92. The number of hydrogen-bond acceptors (Lipinski definition) is 4. The summed E-state index contributed by atoms with van der Waals surface area (Å²) in [7, 11) is 0. The van der Waals surface area contributed by atoms with Gasteiger partial charge in [-0.05, 0) is 13.3 Å². The number of nitrogens with one attached hydrogen (secondary N) is 1. The second-order valence-corrected chi connectivity index (χ2v) is 3.42. The lowest BCUT2D eigenvalue weighted by Crippen LogP contribution is -2.54. The number of nitrogens with zero attached hydrogens (tertiary/aromatic N) is 1. The number of carbonyl (C=O) groups is 3. The van der Waals surface area contributed by atoms with Gasteiger partial charge >= 0.3 is 0 Å². The molecule has 1 aliphatic heterocycles. The van der Waals surface area contributed by atoms with E-state index in [0.29, 0.717) is 13.0 Å². The van der Waals surface area contributed by atoms with E-state index in [1.165, 1.54) is 0 Å². The molecule has 0 bridgehead atoms. The van der Waals surface area contributed by atoms with Gasteiger partial charge in [-0.25, -0.2) is 0 Å². The van der Waals surface area contributed by atoms with Crippen LogP contribution in [-0.4, -0.2) is 41.8 Å². The number of carbonyl (C=O) groups excluding carboxylic acids is 3. The van der Waals surface area contributed by atoms with Gasteiger partial charge in [0.2, 0.25) is 17.7 Å². The Morgan fingerprint density at radius 1 is 1.60 bits per heavy atom. The summed E-state index contributed by atoms with van der Waals surface area (Å²) >= 11 is 0. The molecule has 6 heteroatoms. The number of amides is 3. The molecule has 0 aromatic heterocycles. The molecule has 1 atom stereocenters. The summed E-state index contributed by atoms with van der Waals surface area (Å²) in [6.45, 7) is 2.02. The minimum atomic E-state index is -0.655.